The predicted octanol–water partition coefficient (Wildman–Crippen LogP) is 2.69. The Kier molecular flexibility index (Phi) is 5.61. The number of rotatable bonds is 6. The molecule has 4 heteroatoms. The lowest BCUT2D eigenvalue weighted by molar-refractivity contribution is 0.138. The molecule has 1 saturated carbocycles. The van der Waals surface area contributed by atoms with Gasteiger partial charge in [-0.2, -0.15) is 5.10 Å². The number of nitrogens with two attached hydrogens (primary N) is 1. The molecular formula is C16H30N4. The molecule has 1 aliphatic carbocycles. The van der Waals surface area contributed by atoms with Crippen LogP contribution in [0, 0.1) is 6.92 Å². The maximum Gasteiger partial charge on any atom is 0.0597 e. The maximum absolute atomic E-state index is 6.04. The molecular weight excluding hydrogens is 248 g/mol. The molecule has 0 aliphatic heterocycles. The number of hydrogen-bond acceptors (Lipinski definition) is 3. The third-order valence-electron chi connectivity index (χ3n) is 4.42. The molecule has 4 nitrogen and oxygen atoms in total. The van der Waals surface area contributed by atoms with Crippen LogP contribution in [0.1, 0.15) is 57.3 Å². The van der Waals surface area contributed by atoms with Crippen molar-refractivity contribution in [2.24, 2.45) is 5.73 Å². The largest absolute Gasteiger partial charge is 0.328 e. The Hall–Kier alpha value is -0.870. The van der Waals surface area contributed by atoms with Gasteiger partial charge in [0, 0.05) is 25.2 Å². The molecule has 0 radical (unpaired) electrons. The zero-order valence-corrected chi connectivity index (χ0v) is 13.3. The Morgan fingerprint density at radius 3 is 2.60 bits per heavy atom. The summed E-state index contributed by atoms with van der Waals surface area (Å²) in [5.74, 6) is 0. The molecule has 2 N–H and O–H groups in total. The van der Waals surface area contributed by atoms with E-state index in [4.69, 9.17) is 5.73 Å². The second-order valence-corrected chi connectivity index (χ2v) is 6.13. The summed E-state index contributed by atoms with van der Waals surface area (Å²) in [4.78, 5) is 2.65. The molecule has 0 aromatic carbocycles. The van der Waals surface area contributed by atoms with Crippen molar-refractivity contribution in [3.8, 4) is 0 Å². The Morgan fingerprint density at radius 2 is 2.00 bits per heavy atom. The standard InChI is InChI=1S/C16H30N4/c1-4-10-19(15-8-6-14(17)7-9-15)12-16-11-13(3)18-20(16)5-2/h11,14-15H,4-10,12,17H2,1-3H3. The molecule has 0 spiro atoms. The van der Waals surface area contributed by atoms with Gasteiger partial charge in [0.25, 0.3) is 0 Å². The molecule has 114 valence electrons. The van der Waals surface area contributed by atoms with E-state index >= 15 is 0 Å². The van der Waals surface area contributed by atoms with Gasteiger partial charge in [0.2, 0.25) is 0 Å². The third-order valence-corrected chi connectivity index (χ3v) is 4.42. The van der Waals surface area contributed by atoms with Crippen molar-refractivity contribution in [2.75, 3.05) is 6.54 Å². The van der Waals surface area contributed by atoms with Crippen molar-refractivity contribution >= 4 is 0 Å². The Morgan fingerprint density at radius 1 is 1.30 bits per heavy atom. The van der Waals surface area contributed by atoms with Crippen LogP contribution < -0.4 is 5.73 Å². The molecule has 1 aromatic heterocycles. The summed E-state index contributed by atoms with van der Waals surface area (Å²) in [6, 6.07) is 3.37. The van der Waals surface area contributed by atoms with Crippen LogP contribution in [0.3, 0.4) is 0 Å². The fourth-order valence-corrected chi connectivity index (χ4v) is 3.35. The van der Waals surface area contributed by atoms with Gasteiger partial charge < -0.3 is 5.73 Å². The molecule has 0 atom stereocenters. The van der Waals surface area contributed by atoms with E-state index in [-0.39, 0.29) is 0 Å². The quantitative estimate of drug-likeness (QED) is 0.870. The van der Waals surface area contributed by atoms with Gasteiger partial charge in [-0.1, -0.05) is 6.92 Å². The fraction of sp³-hybridized carbons (Fsp3) is 0.812. The lowest BCUT2D eigenvalue weighted by Crippen LogP contribution is -2.41. The summed E-state index contributed by atoms with van der Waals surface area (Å²) in [6.07, 6.45) is 6.07. The van der Waals surface area contributed by atoms with Crippen molar-refractivity contribution in [1.82, 2.24) is 14.7 Å². The summed E-state index contributed by atoms with van der Waals surface area (Å²) in [7, 11) is 0. The monoisotopic (exact) mass is 278 g/mol. The molecule has 0 saturated heterocycles. The first-order valence-corrected chi connectivity index (χ1v) is 8.17. The maximum atomic E-state index is 6.04. The SMILES string of the molecule is CCCN(Cc1cc(C)nn1CC)C1CCC(N)CC1. The number of nitrogens with zero attached hydrogens (tertiary/aromatic N) is 3. The average molecular weight is 278 g/mol. The van der Waals surface area contributed by atoms with Gasteiger partial charge in [0.15, 0.2) is 0 Å². The molecule has 0 amide bonds. The Bertz CT molecular complexity index is 405. The topological polar surface area (TPSA) is 47.1 Å². The zero-order chi connectivity index (χ0) is 14.5. The van der Waals surface area contributed by atoms with E-state index in [0.29, 0.717) is 12.1 Å². The average Bonchev–Trinajstić information content (AvgIpc) is 2.79. The van der Waals surface area contributed by atoms with E-state index in [2.05, 4.69) is 41.5 Å². The van der Waals surface area contributed by atoms with E-state index in [1.807, 2.05) is 0 Å². The van der Waals surface area contributed by atoms with Gasteiger partial charge in [-0.15, -0.1) is 0 Å². The predicted molar refractivity (Wildman–Crippen MR) is 83.6 cm³/mol. The van der Waals surface area contributed by atoms with E-state index in [1.54, 1.807) is 0 Å². The van der Waals surface area contributed by atoms with Crippen molar-refractivity contribution in [2.45, 2.75) is 78.0 Å². The first kappa shape index (κ1) is 15.5. The summed E-state index contributed by atoms with van der Waals surface area (Å²) >= 11 is 0. The summed E-state index contributed by atoms with van der Waals surface area (Å²) in [6.45, 7) is 9.68. The van der Waals surface area contributed by atoms with Gasteiger partial charge in [-0.25, -0.2) is 0 Å². The second kappa shape index (κ2) is 7.23. The van der Waals surface area contributed by atoms with Crippen LogP contribution in [0.2, 0.25) is 0 Å². The van der Waals surface area contributed by atoms with Crippen LogP contribution in [0.15, 0.2) is 6.07 Å². The normalized spacial score (nSPS) is 23.4. The molecule has 0 unspecified atom stereocenters. The van der Waals surface area contributed by atoms with Gasteiger partial charge in [0.1, 0.15) is 0 Å². The molecule has 2 rings (SSSR count). The summed E-state index contributed by atoms with van der Waals surface area (Å²) in [5, 5.41) is 4.57. The van der Waals surface area contributed by atoms with E-state index < -0.39 is 0 Å². The van der Waals surface area contributed by atoms with Crippen LogP contribution in [-0.2, 0) is 13.1 Å². The Balaban J connectivity index is 2.04. The lowest BCUT2D eigenvalue weighted by atomic mass is 9.90. The summed E-state index contributed by atoms with van der Waals surface area (Å²) < 4.78 is 2.15. The van der Waals surface area contributed by atoms with Crippen LogP contribution in [0.4, 0.5) is 0 Å². The van der Waals surface area contributed by atoms with Gasteiger partial charge in [-0.05, 0) is 58.6 Å². The van der Waals surface area contributed by atoms with Gasteiger partial charge in [0.05, 0.1) is 11.4 Å². The van der Waals surface area contributed by atoms with Crippen molar-refractivity contribution in [3.05, 3.63) is 17.5 Å². The van der Waals surface area contributed by atoms with Crippen molar-refractivity contribution in [1.29, 1.82) is 0 Å². The highest BCUT2D eigenvalue weighted by atomic mass is 15.3. The number of aromatic nitrogens is 2. The van der Waals surface area contributed by atoms with Crippen molar-refractivity contribution in [3.63, 3.8) is 0 Å². The minimum atomic E-state index is 0.429. The second-order valence-electron chi connectivity index (χ2n) is 6.13. The van der Waals surface area contributed by atoms with E-state index in [9.17, 15) is 0 Å². The number of hydrogen-bond donors (Lipinski definition) is 1. The molecule has 20 heavy (non-hydrogen) atoms. The van der Waals surface area contributed by atoms with Gasteiger partial charge >= 0.3 is 0 Å². The first-order valence-electron chi connectivity index (χ1n) is 8.17. The molecule has 1 aliphatic rings. The Labute approximate surface area is 123 Å². The molecule has 0 bridgehead atoms. The molecule has 1 fully saturated rings. The highest BCUT2D eigenvalue weighted by Crippen LogP contribution is 2.24. The molecule has 1 aromatic rings. The lowest BCUT2D eigenvalue weighted by Gasteiger charge is -2.36. The minimum Gasteiger partial charge on any atom is -0.328 e. The highest BCUT2D eigenvalue weighted by molar-refractivity contribution is 5.09. The highest BCUT2D eigenvalue weighted by Gasteiger charge is 2.24. The number of aryl methyl sites for hydroxylation is 2. The smallest absolute Gasteiger partial charge is 0.0597 e. The summed E-state index contributed by atoms with van der Waals surface area (Å²) in [5.41, 5.74) is 8.52. The zero-order valence-electron chi connectivity index (χ0n) is 13.3. The van der Waals surface area contributed by atoms with Crippen LogP contribution >= 0.6 is 0 Å². The third kappa shape index (κ3) is 3.83. The van der Waals surface area contributed by atoms with Crippen molar-refractivity contribution < 1.29 is 0 Å². The fourth-order valence-electron chi connectivity index (χ4n) is 3.35. The minimum absolute atomic E-state index is 0.429. The van der Waals surface area contributed by atoms with Crippen LogP contribution in [-0.4, -0.2) is 33.3 Å². The van der Waals surface area contributed by atoms with E-state index in [0.717, 1.165) is 18.8 Å². The first-order chi connectivity index (χ1) is 9.63. The van der Waals surface area contributed by atoms with Gasteiger partial charge in [-0.3, -0.25) is 9.58 Å². The van der Waals surface area contributed by atoms with Crippen LogP contribution in [0.5, 0.6) is 0 Å². The molecule has 1 heterocycles. The van der Waals surface area contributed by atoms with E-state index in [1.165, 1.54) is 44.3 Å². The van der Waals surface area contributed by atoms with Crippen LogP contribution in [0.25, 0.3) is 0 Å².